The second-order valence-electron chi connectivity index (χ2n) is 1.55. The van der Waals surface area contributed by atoms with Crippen LogP contribution in [0, 0.1) is 0 Å². The Kier molecular flexibility index (Phi) is 21.5. The molecular formula is C5H15Br2N3S. The third-order valence-corrected chi connectivity index (χ3v) is 1.79. The summed E-state index contributed by atoms with van der Waals surface area (Å²) in [4.78, 5) is 3.78. The Morgan fingerprint density at radius 1 is 1.45 bits per heavy atom. The summed E-state index contributed by atoms with van der Waals surface area (Å²) in [6.45, 7) is 0.726. The highest BCUT2D eigenvalue weighted by atomic mass is 79.9. The number of amidine groups is 1. The van der Waals surface area contributed by atoms with E-state index in [2.05, 4.69) is 4.99 Å². The van der Waals surface area contributed by atoms with E-state index in [0.717, 1.165) is 18.7 Å². The van der Waals surface area contributed by atoms with Gasteiger partial charge < -0.3 is 11.5 Å². The van der Waals surface area contributed by atoms with Gasteiger partial charge in [-0.2, -0.15) is 0 Å². The first kappa shape index (κ1) is 17.7. The van der Waals surface area contributed by atoms with Gasteiger partial charge in [0.15, 0.2) is 5.17 Å². The van der Waals surface area contributed by atoms with E-state index in [1.54, 1.807) is 18.8 Å². The molecule has 0 atom stereocenters. The van der Waals surface area contributed by atoms with Crippen LogP contribution in [-0.4, -0.2) is 24.5 Å². The van der Waals surface area contributed by atoms with Crippen LogP contribution in [0.25, 0.3) is 0 Å². The Morgan fingerprint density at radius 3 is 2.36 bits per heavy atom. The van der Waals surface area contributed by atoms with Gasteiger partial charge in [-0.3, -0.25) is 4.99 Å². The number of thioether (sulfide) groups is 1. The van der Waals surface area contributed by atoms with E-state index in [1.165, 1.54) is 0 Å². The van der Waals surface area contributed by atoms with E-state index < -0.39 is 0 Å². The van der Waals surface area contributed by atoms with Gasteiger partial charge in [0.05, 0.1) is 0 Å². The molecule has 0 aliphatic heterocycles. The van der Waals surface area contributed by atoms with E-state index in [-0.39, 0.29) is 34.0 Å². The van der Waals surface area contributed by atoms with Gasteiger partial charge in [0.2, 0.25) is 0 Å². The molecule has 0 radical (unpaired) electrons. The van der Waals surface area contributed by atoms with Crippen LogP contribution in [0.5, 0.6) is 0 Å². The van der Waals surface area contributed by atoms with E-state index in [4.69, 9.17) is 11.5 Å². The smallest absolute Gasteiger partial charge is 0.153 e. The van der Waals surface area contributed by atoms with Gasteiger partial charge in [0, 0.05) is 12.8 Å². The highest BCUT2D eigenvalue weighted by molar-refractivity contribution is 8.93. The van der Waals surface area contributed by atoms with Crippen molar-refractivity contribution in [3.63, 3.8) is 0 Å². The number of nitrogens with two attached hydrogens (primary N) is 2. The Bertz CT molecular complexity index is 99.7. The third-order valence-electron chi connectivity index (χ3n) is 0.819. The summed E-state index contributed by atoms with van der Waals surface area (Å²) in [7, 11) is 1.69. The van der Waals surface area contributed by atoms with Crippen LogP contribution in [0.4, 0.5) is 0 Å². The van der Waals surface area contributed by atoms with Crippen LogP contribution in [-0.2, 0) is 0 Å². The van der Waals surface area contributed by atoms with Crippen LogP contribution >= 0.6 is 45.7 Å². The Hall–Kier alpha value is 0.740. The molecule has 0 heterocycles. The fourth-order valence-electron chi connectivity index (χ4n) is 0.325. The maximum Gasteiger partial charge on any atom is 0.153 e. The molecule has 0 bridgehead atoms. The summed E-state index contributed by atoms with van der Waals surface area (Å²) in [6.07, 6.45) is 1.00. The molecule has 0 saturated heterocycles. The molecule has 70 valence electrons. The van der Waals surface area contributed by atoms with Crippen molar-refractivity contribution in [2.75, 3.05) is 19.3 Å². The summed E-state index contributed by atoms with van der Waals surface area (Å²) in [5, 5.41) is 0.642. The predicted molar refractivity (Wildman–Crippen MR) is 64.3 cm³/mol. The number of aliphatic imine (C=N–C) groups is 1. The summed E-state index contributed by atoms with van der Waals surface area (Å²) in [5.41, 5.74) is 10.6. The average molecular weight is 309 g/mol. The monoisotopic (exact) mass is 307 g/mol. The van der Waals surface area contributed by atoms with Crippen LogP contribution in [0.1, 0.15) is 6.42 Å². The lowest BCUT2D eigenvalue weighted by Gasteiger charge is -1.95. The van der Waals surface area contributed by atoms with Gasteiger partial charge >= 0.3 is 0 Å². The molecule has 0 spiro atoms. The second-order valence-corrected chi connectivity index (χ2v) is 2.67. The summed E-state index contributed by atoms with van der Waals surface area (Å²) < 4.78 is 0. The quantitative estimate of drug-likeness (QED) is 0.467. The Morgan fingerprint density at radius 2 is 2.00 bits per heavy atom. The van der Waals surface area contributed by atoms with Crippen LogP contribution in [0.15, 0.2) is 4.99 Å². The van der Waals surface area contributed by atoms with Crippen LogP contribution in [0.3, 0.4) is 0 Å². The summed E-state index contributed by atoms with van der Waals surface area (Å²) in [5.74, 6) is 0.972. The van der Waals surface area contributed by atoms with E-state index in [1.807, 2.05) is 0 Å². The molecule has 0 saturated carbocycles. The van der Waals surface area contributed by atoms with Crippen molar-refractivity contribution < 1.29 is 0 Å². The highest BCUT2D eigenvalue weighted by Gasteiger charge is 1.89. The Labute approximate surface area is 92.9 Å². The van der Waals surface area contributed by atoms with Gasteiger partial charge in [0.25, 0.3) is 0 Å². The van der Waals surface area contributed by atoms with Gasteiger partial charge in [-0.1, -0.05) is 11.8 Å². The molecule has 11 heavy (non-hydrogen) atoms. The van der Waals surface area contributed by atoms with E-state index >= 15 is 0 Å². The average Bonchev–Trinajstić information content (AvgIpc) is 1.89. The molecule has 4 N–H and O–H groups in total. The standard InChI is InChI=1S/C5H13N3S.2BrH/c1-8-5(7)9-4-2-3-6;;/h2-4,6H2,1H3,(H2,7,8);2*1H. The summed E-state index contributed by atoms with van der Waals surface area (Å²) in [6, 6.07) is 0. The lowest BCUT2D eigenvalue weighted by atomic mass is 10.5. The maximum atomic E-state index is 5.39. The van der Waals surface area contributed by atoms with Crippen molar-refractivity contribution in [2.45, 2.75) is 6.42 Å². The molecule has 0 aromatic heterocycles. The fourth-order valence-corrected chi connectivity index (χ4v) is 0.974. The minimum absolute atomic E-state index is 0. The molecule has 3 nitrogen and oxygen atoms in total. The number of nitrogens with zero attached hydrogens (tertiary/aromatic N) is 1. The number of hydrogen-bond donors (Lipinski definition) is 2. The van der Waals surface area contributed by atoms with Crippen LogP contribution in [0.2, 0.25) is 0 Å². The minimum atomic E-state index is 0. The van der Waals surface area contributed by atoms with Crippen molar-refractivity contribution in [2.24, 2.45) is 16.5 Å². The van der Waals surface area contributed by atoms with Crippen LogP contribution < -0.4 is 11.5 Å². The van der Waals surface area contributed by atoms with Gasteiger partial charge in [0.1, 0.15) is 0 Å². The van der Waals surface area contributed by atoms with Crippen molar-refractivity contribution in [3.8, 4) is 0 Å². The second kappa shape index (κ2) is 13.3. The Balaban J connectivity index is -0.000000320. The number of hydrogen-bond acceptors (Lipinski definition) is 3. The SMILES string of the molecule is Br.Br.CN=C(N)SCCCN. The van der Waals surface area contributed by atoms with Crippen molar-refractivity contribution >= 4 is 50.9 Å². The van der Waals surface area contributed by atoms with Gasteiger partial charge in [-0.05, 0) is 13.0 Å². The number of halogens is 2. The lowest BCUT2D eigenvalue weighted by molar-refractivity contribution is 0.945. The molecule has 0 amide bonds. The zero-order valence-corrected chi connectivity index (χ0v) is 10.7. The van der Waals surface area contributed by atoms with Gasteiger partial charge in [-0.25, -0.2) is 0 Å². The van der Waals surface area contributed by atoms with Crippen molar-refractivity contribution in [1.82, 2.24) is 0 Å². The highest BCUT2D eigenvalue weighted by Crippen LogP contribution is 1.99. The van der Waals surface area contributed by atoms with Crippen molar-refractivity contribution in [3.05, 3.63) is 0 Å². The third kappa shape index (κ3) is 13.7. The first-order chi connectivity index (χ1) is 4.31. The first-order valence-corrected chi connectivity index (χ1v) is 3.85. The maximum absolute atomic E-state index is 5.39. The topological polar surface area (TPSA) is 64.4 Å². The minimum Gasteiger partial charge on any atom is -0.379 e. The molecule has 0 aliphatic rings. The molecule has 0 aliphatic carbocycles. The van der Waals surface area contributed by atoms with Crippen molar-refractivity contribution in [1.29, 1.82) is 0 Å². The first-order valence-electron chi connectivity index (χ1n) is 2.86. The molecule has 0 unspecified atom stereocenters. The molecule has 0 rings (SSSR count). The summed E-state index contributed by atoms with van der Waals surface area (Å²) >= 11 is 1.55. The van der Waals surface area contributed by atoms with E-state index in [0.29, 0.717) is 5.17 Å². The zero-order valence-electron chi connectivity index (χ0n) is 6.45. The predicted octanol–water partition coefficient (Wildman–Crippen LogP) is 1.17. The lowest BCUT2D eigenvalue weighted by Crippen LogP contribution is -2.08. The normalized spacial score (nSPS) is 9.82. The molecule has 0 aromatic rings. The van der Waals surface area contributed by atoms with Gasteiger partial charge in [-0.15, -0.1) is 34.0 Å². The zero-order chi connectivity index (χ0) is 7.11. The van der Waals surface area contributed by atoms with E-state index in [9.17, 15) is 0 Å². The number of rotatable bonds is 3. The fraction of sp³-hybridized carbons (Fsp3) is 0.800. The molecular weight excluding hydrogens is 294 g/mol. The largest absolute Gasteiger partial charge is 0.379 e. The molecule has 0 aromatic carbocycles. The molecule has 6 heteroatoms. The molecule has 0 fully saturated rings.